The summed E-state index contributed by atoms with van der Waals surface area (Å²) < 4.78 is 86.1. The number of carbonyl (C=O) groups excluding carboxylic acids is 2. The molecule has 1 saturated heterocycles. The molecule has 0 radical (unpaired) electrons. The Bertz CT molecular complexity index is 1330. The molecule has 0 aliphatic carbocycles. The molecule has 2 atom stereocenters. The Morgan fingerprint density at radius 2 is 1.46 bits per heavy atom. The van der Waals surface area contributed by atoms with Crippen molar-refractivity contribution in [3.05, 3.63) is 107 Å². The fourth-order valence-corrected chi connectivity index (χ4v) is 5.14. The molecule has 0 aromatic heterocycles. The molecule has 3 aromatic rings. The number of likely N-dealkylation sites (tertiary alicyclic amines) is 1. The fraction of sp³-hybridized carbons (Fsp3) is 0.333. The Balaban J connectivity index is 1.70. The summed E-state index contributed by atoms with van der Waals surface area (Å²) in [5.41, 5.74) is -2.80. The number of rotatable bonds is 8. The largest absolute Gasteiger partial charge is 0.416 e. The first-order valence-electron chi connectivity index (χ1n) is 12.8. The zero-order valence-electron chi connectivity index (χ0n) is 22.1. The van der Waals surface area contributed by atoms with Crippen LogP contribution in [0.4, 0.5) is 26.3 Å². The molecule has 11 heteroatoms. The van der Waals surface area contributed by atoms with Crippen LogP contribution in [0, 0.1) is 0 Å². The lowest BCUT2D eigenvalue weighted by Gasteiger charge is -2.49. The Kier molecular flexibility index (Phi) is 8.77. The van der Waals surface area contributed by atoms with Crippen molar-refractivity contribution in [1.82, 2.24) is 10.2 Å². The van der Waals surface area contributed by atoms with E-state index in [1.165, 1.54) is 6.92 Å². The number of piperidine rings is 1. The molecular formula is C30H28F6N2O3. The second-order valence-electron chi connectivity index (χ2n) is 10.0. The lowest BCUT2D eigenvalue weighted by Crippen LogP contribution is -2.62. The van der Waals surface area contributed by atoms with E-state index in [0.29, 0.717) is 24.1 Å². The molecule has 0 unspecified atom stereocenters. The first-order valence-corrected chi connectivity index (χ1v) is 12.8. The number of hydrogen-bond acceptors (Lipinski definition) is 3. The van der Waals surface area contributed by atoms with Gasteiger partial charge in [0.2, 0.25) is 11.8 Å². The molecule has 5 nitrogen and oxygen atoms in total. The molecular weight excluding hydrogens is 550 g/mol. The van der Waals surface area contributed by atoms with E-state index in [1.54, 1.807) is 35.2 Å². The number of nitrogens with one attached hydrogen (secondary N) is 1. The maximum absolute atomic E-state index is 13.8. The standard InChI is InChI=1S/C30H28F6N2O3/c1-20(39)37-26-12-13-28(23-10-6-3-7-11-23,38(27(26)40)17-21-8-4-2-5-9-21)19-41-18-22-14-24(29(31,32)33)16-25(15-22)30(34,35)36/h2-11,14-16,26H,12-13,17-19H2,1H3,(H,37,39)/t26-,28-/m1/s1. The average Bonchev–Trinajstić information content (AvgIpc) is 2.92. The highest BCUT2D eigenvalue weighted by Crippen LogP contribution is 2.41. The number of halogens is 6. The third-order valence-corrected chi connectivity index (χ3v) is 7.06. The highest BCUT2D eigenvalue weighted by atomic mass is 19.4. The van der Waals surface area contributed by atoms with Crippen molar-refractivity contribution in [3.63, 3.8) is 0 Å². The predicted octanol–water partition coefficient (Wildman–Crippen LogP) is 6.46. The topological polar surface area (TPSA) is 58.6 Å². The normalized spacial score (nSPS) is 19.7. The Morgan fingerprint density at radius 3 is 2.00 bits per heavy atom. The van der Waals surface area contributed by atoms with Gasteiger partial charge in [-0.05, 0) is 47.7 Å². The van der Waals surface area contributed by atoms with Crippen molar-refractivity contribution < 1.29 is 40.7 Å². The maximum Gasteiger partial charge on any atom is 0.416 e. The Labute approximate surface area is 233 Å². The van der Waals surface area contributed by atoms with Gasteiger partial charge in [0.15, 0.2) is 0 Å². The molecule has 3 aromatic carbocycles. The van der Waals surface area contributed by atoms with Gasteiger partial charge in [-0.25, -0.2) is 0 Å². The van der Waals surface area contributed by atoms with Gasteiger partial charge < -0.3 is 15.0 Å². The van der Waals surface area contributed by atoms with Crippen molar-refractivity contribution in [2.45, 2.75) is 56.9 Å². The number of benzene rings is 3. The van der Waals surface area contributed by atoms with Crippen molar-refractivity contribution in [3.8, 4) is 0 Å². The van der Waals surface area contributed by atoms with Crippen LogP contribution in [0.2, 0.25) is 0 Å². The predicted molar refractivity (Wildman–Crippen MR) is 138 cm³/mol. The Hall–Kier alpha value is -3.86. The smallest absolute Gasteiger partial charge is 0.374 e. The van der Waals surface area contributed by atoms with Gasteiger partial charge in [-0.3, -0.25) is 9.59 Å². The van der Waals surface area contributed by atoms with Crippen LogP contribution in [-0.4, -0.2) is 29.4 Å². The second kappa shape index (κ2) is 11.9. The van der Waals surface area contributed by atoms with Crippen LogP contribution in [0.3, 0.4) is 0 Å². The summed E-state index contributed by atoms with van der Waals surface area (Å²) in [6.45, 7) is 0.682. The summed E-state index contributed by atoms with van der Waals surface area (Å²) in [6, 6.07) is 18.5. The van der Waals surface area contributed by atoms with Gasteiger partial charge in [0.25, 0.3) is 0 Å². The summed E-state index contributed by atoms with van der Waals surface area (Å²) in [4.78, 5) is 27.2. The highest BCUT2D eigenvalue weighted by Gasteiger charge is 2.48. The average molecular weight is 579 g/mol. The molecule has 0 bridgehead atoms. The fourth-order valence-electron chi connectivity index (χ4n) is 5.14. The number of ether oxygens (including phenoxy) is 1. The molecule has 0 saturated carbocycles. The quantitative estimate of drug-likeness (QED) is 0.312. The van der Waals surface area contributed by atoms with Crippen molar-refractivity contribution in [2.75, 3.05) is 6.61 Å². The van der Waals surface area contributed by atoms with Crippen LogP contribution in [0.25, 0.3) is 0 Å². The van der Waals surface area contributed by atoms with Crippen LogP contribution in [0.15, 0.2) is 78.9 Å². The first kappa shape index (κ1) is 30.1. The van der Waals surface area contributed by atoms with Crippen LogP contribution >= 0.6 is 0 Å². The SMILES string of the molecule is CC(=O)N[C@@H]1CC[C@@](COCc2cc(C(F)(F)F)cc(C(F)(F)F)c2)(c2ccccc2)N(Cc2ccccc2)C1=O. The second-order valence-corrected chi connectivity index (χ2v) is 10.0. The van der Waals surface area contributed by atoms with Crippen molar-refractivity contribution >= 4 is 11.8 Å². The van der Waals surface area contributed by atoms with Gasteiger partial charge in [-0.15, -0.1) is 0 Å². The lowest BCUT2D eigenvalue weighted by molar-refractivity contribution is -0.154. The molecule has 1 aliphatic rings. The van der Waals surface area contributed by atoms with E-state index in [4.69, 9.17) is 4.74 Å². The van der Waals surface area contributed by atoms with E-state index >= 15 is 0 Å². The molecule has 0 spiro atoms. The van der Waals surface area contributed by atoms with Crippen molar-refractivity contribution in [1.29, 1.82) is 0 Å². The molecule has 1 N–H and O–H groups in total. The van der Waals surface area contributed by atoms with Gasteiger partial charge in [-0.2, -0.15) is 26.3 Å². The van der Waals surface area contributed by atoms with Crippen LogP contribution in [-0.2, 0) is 45.4 Å². The molecule has 218 valence electrons. The molecule has 41 heavy (non-hydrogen) atoms. The first-order chi connectivity index (χ1) is 19.3. The highest BCUT2D eigenvalue weighted by molar-refractivity contribution is 5.88. The molecule has 1 heterocycles. The zero-order chi connectivity index (χ0) is 29.8. The third kappa shape index (κ3) is 7.08. The van der Waals surface area contributed by atoms with E-state index in [1.807, 2.05) is 30.3 Å². The van der Waals surface area contributed by atoms with Crippen LogP contribution < -0.4 is 5.32 Å². The van der Waals surface area contributed by atoms with Crippen LogP contribution in [0.1, 0.15) is 47.6 Å². The zero-order valence-corrected chi connectivity index (χ0v) is 22.1. The van der Waals surface area contributed by atoms with E-state index in [-0.39, 0.29) is 43.0 Å². The van der Waals surface area contributed by atoms with E-state index in [2.05, 4.69) is 5.32 Å². The summed E-state index contributed by atoms with van der Waals surface area (Å²) in [5, 5.41) is 2.68. The number of alkyl halides is 6. The van der Waals surface area contributed by atoms with Gasteiger partial charge in [0.1, 0.15) is 6.04 Å². The number of nitrogens with zero attached hydrogens (tertiary/aromatic N) is 1. The minimum Gasteiger partial charge on any atom is -0.374 e. The summed E-state index contributed by atoms with van der Waals surface area (Å²) in [7, 11) is 0. The van der Waals surface area contributed by atoms with E-state index in [0.717, 1.165) is 5.56 Å². The third-order valence-electron chi connectivity index (χ3n) is 7.06. The van der Waals surface area contributed by atoms with Gasteiger partial charge in [0, 0.05) is 13.5 Å². The molecule has 4 rings (SSSR count). The van der Waals surface area contributed by atoms with Crippen LogP contribution in [0.5, 0.6) is 0 Å². The summed E-state index contributed by atoms with van der Waals surface area (Å²) in [6.07, 6.45) is -9.40. The minimum atomic E-state index is -4.98. The number of amides is 2. The Morgan fingerprint density at radius 1 is 0.902 bits per heavy atom. The summed E-state index contributed by atoms with van der Waals surface area (Å²) >= 11 is 0. The van der Waals surface area contributed by atoms with E-state index < -0.39 is 41.7 Å². The monoisotopic (exact) mass is 578 g/mol. The van der Waals surface area contributed by atoms with Gasteiger partial charge >= 0.3 is 12.4 Å². The minimum absolute atomic E-state index is 0.0680. The molecule has 1 aliphatic heterocycles. The van der Waals surface area contributed by atoms with Gasteiger partial charge in [0.05, 0.1) is 29.9 Å². The number of hydrogen-bond donors (Lipinski definition) is 1. The molecule has 2 amide bonds. The van der Waals surface area contributed by atoms with E-state index in [9.17, 15) is 35.9 Å². The summed E-state index contributed by atoms with van der Waals surface area (Å²) in [5.74, 6) is -0.752. The van der Waals surface area contributed by atoms with Gasteiger partial charge in [-0.1, -0.05) is 60.7 Å². The maximum atomic E-state index is 13.8. The molecule has 1 fully saturated rings. The van der Waals surface area contributed by atoms with Crippen molar-refractivity contribution in [2.24, 2.45) is 0 Å². The lowest BCUT2D eigenvalue weighted by atomic mass is 9.78. The number of carbonyl (C=O) groups is 2.